The van der Waals surface area contributed by atoms with E-state index in [-0.39, 0.29) is 41.8 Å². The summed E-state index contributed by atoms with van der Waals surface area (Å²) in [6.45, 7) is 13.1. The molecule has 4 amide bonds. The molecule has 4 aromatic heterocycles. The molecule has 10 rings (SSSR count). The first-order valence-electron chi connectivity index (χ1n) is 22.1. The van der Waals surface area contributed by atoms with Crippen LogP contribution in [0, 0.1) is 5.92 Å². The zero-order chi connectivity index (χ0) is 44.6. The predicted octanol–water partition coefficient (Wildman–Crippen LogP) is 3.97. The molecule has 0 bridgehead atoms. The SMILES string of the molecule is CC1CN(CC2CCN(c3nn(C(C)C)c4cc(Nc5ccnc(-c6cnn(S(=O)(=O)C7CC7)c6)n5)ncc34)CC2)CC(C)N1c1ccc2c(c1)C(=O)N(C1CCC(=O)NC1=O)C2=O. The van der Waals surface area contributed by atoms with Gasteiger partial charge < -0.3 is 15.1 Å². The molecule has 3 unspecified atom stereocenters. The number of amides is 4. The molecule has 3 atom stereocenters. The smallest absolute Gasteiger partial charge is 0.262 e. The first-order chi connectivity index (χ1) is 30.7. The van der Waals surface area contributed by atoms with Crippen LogP contribution in [-0.2, 0) is 19.6 Å². The van der Waals surface area contributed by atoms with E-state index in [4.69, 9.17) is 10.1 Å². The number of carbonyl (C=O) groups excluding carboxylic acids is 4. The molecule has 1 aliphatic carbocycles. The second-order valence-corrected chi connectivity index (χ2v) is 20.2. The van der Waals surface area contributed by atoms with Gasteiger partial charge in [-0.25, -0.2) is 23.4 Å². The minimum Gasteiger partial charge on any atom is -0.364 e. The molecule has 0 spiro atoms. The number of hydrogen-bond acceptors (Lipinski definition) is 15. The van der Waals surface area contributed by atoms with Gasteiger partial charge in [0.1, 0.15) is 17.7 Å². The zero-order valence-corrected chi connectivity index (χ0v) is 37.0. The van der Waals surface area contributed by atoms with E-state index in [1.165, 1.54) is 12.4 Å². The lowest BCUT2D eigenvalue weighted by atomic mass is 9.94. The molecule has 0 radical (unpaired) electrons. The van der Waals surface area contributed by atoms with E-state index in [9.17, 15) is 27.6 Å². The molecule has 5 aromatic rings. The lowest BCUT2D eigenvalue weighted by Gasteiger charge is -2.47. The van der Waals surface area contributed by atoms with Crippen molar-refractivity contribution >= 4 is 67.7 Å². The first-order valence-corrected chi connectivity index (χ1v) is 23.6. The van der Waals surface area contributed by atoms with Crippen molar-refractivity contribution in [3.8, 4) is 11.4 Å². The highest BCUT2D eigenvalue weighted by molar-refractivity contribution is 7.90. The fraction of sp³-hybridized carbons (Fsp3) is 0.477. The Bertz CT molecular complexity index is 2800. The Morgan fingerprint density at radius 1 is 0.875 bits per heavy atom. The number of carbonyl (C=O) groups is 4. The number of benzene rings is 1. The Labute approximate surface area is 370 Å². The highest BCUT2D eigenvalue weighted by atomic mass is 32.2. The fourth-order valence-corrected chi connectivity index (χ4v) is 11.4. The van der Waals surface area contributed by atoms with Crippen molar-refractivity contribution in [3.05, 3.63) is 66.2 Å². The van der Waals surface area contributed by atoms with Gasteiger partial charge in [0.25, 0.3) is 21.8 Å². The second-order valence-electron chi connectivity index (χ2n) is 18.1. The lowest BCUT2D eigenvalue weighted by Crippen LogP contribution is -2.58. The van der Waals surface area contributed by atoms with Crippen LogP contribution in [0.4, 0.5) is 23.1 Å². The lowest BCUT2D eigenvalue weighted by molar-refractivity contribution is -0.136. The quantitative estimate of drug-likeness (QED) is 0.180. The zero-order valence-electron chi connectivity index (χ0n) is 36.2. The normalized spacial score (nSPS) is 22.5. The summed E-state index contributed by atoms with van der Waals surface area (Å²) in [6, 6.07) is 8.51. The Kier molecular flexibility index (Phi) is 10.5. The van der Waals surface area contributed by atoms with Crippen LogP contribution >= 0.6 is 0 Å². The first kappa shape index (κ1) is 41.7. The summed E-state index contributed by atoms with van der Waals surface area (Å²) in [7, 11) is -3.50. The van der Waals surface area contributed by atoms with Crippen LogP contribution in [0.25, 0.3) is 22.3 Å². The van der Waals surface area contributed by atoms with Crippen LogP contribution < -0.4 is 20.4 Å². The van der Waals surface area contributed by atoms with Crippen LogP contribution in [-0.4, -0.2) is 132 Å². The minimum atomic E-state index is -3.50. The fourth-order valence-electron chi connectivity index (χ4n) is 9.89. The number of aromatic nitrogens is 7. The molecule has 4 fully saturated rings. The van der Waals surface area contributed by atoms with Gasteiger partial charge >= 0.3 is 0 Å². The molecule has 334 valence electrons. The van der Waals surface area contributed by atoms with Gasteiger partial charge in [0.2, 0.25) is 11.8 Å². The Balaban J connectivity index is 0.769. The number of fused-ring (bicyclic) bond motifs is 2. The Morgan fingerprint density at radius 2 is 1.62 bits per heavy atom. The van der Waals surface area contributed by atoms with Crippen LogP contribution in [0.5, 0.6) is 0 Å². The number of imide groups is 2. The van der Waals surface area contributed by atoms with Crippen molar-refractivity contribution in [2.75, 3.05) is 47.8 Å². The maximum atomic E-state index is 13.6. The van der Waals surface area contributed by atoms with Gasteiger partial charge in [-0.1, -0.05) is 0 Å². The topological polar surface area (TPSA) is 214 Å². The molecule has 4 aliphatic heterocycles. The van der Waals surface area contributed by atoms with Crippen LogP contribution in [0.1, 0.15) is 93.0 Å². The number of anilines is 4. The standard InChI is InChI=1S/C44H51N13O6S/c1-25(2)57-36-18-38(48-37-11-14-45-40(49-37)29-19-47-54(24-29)64(62,63)31-6-7-31)46-20-34(36)41(51-57)53-15-12-28(13-16-53)23-52-21-26(3)55(27(4)22-52)30-5-8-32-33(17-30)44(61)56(43(32)60)35-9-10-39(58)50-42(35)59/h5,8,11,14,17-20,24-28,31,35H,6-7,9-10,12-13,15-16,21-23H2,1-4H3,(H,50,58,59)(H,45,46,48,49). The number of piperazine rings is 1. The van der Waals surface area contributed by atoms with E-state index in [0.29, 0.717) is 47.3 Å². The molecular formula is C44H51N13O6S. The predicted molar refractivity (Wildman–Crippen MR) is 238 cm³/mol. The van der Waals surface area contributed by atoms with Crippen molar-refractivity contribution < 1.29 is 27.6 Å². The van der Waals surface area contributed by atoms with Gasteiger partial charge in [-0.3, -0.25) is 39.0 Å². The Morgan fingerprint density at radius 3 is 2.34 bits per heavy atom. The molecular weight excluding hydrogens is 839 g/mol. The summed E-state index contributed by atoms with van der Waals surface area (Å²) in [6.07, 6.45) is 9.96. The summed E-state index contributed by atoms with van der Waals surface area (Å²) in [5, 5.41) is 15.4. The highest BCUT2D eigenvalue weighted by Crippen LogP contribution is 2.36. The summed E-state index contributed by atoms with van der Waals surface area (Å²) < 4.78 is 28.4. The minimum absolute atomic E-state index is 0.0810. The van der Waals surface area contributed by atoms with Gasteiger partial charge in [-0.2, -0.15) is 14.3 Å². The monoisotopic (exact) mass is 889 g/mol. The van der Waals surface area contributed by atoms with Crippen molar-refractivity contribution in [2.24, 2.45) is 5.92 Å². The molecule has 2 N–H and O–H groups in total. The average molecular weight is 890 g/mol. The van der Waals surface area contributed by atoms with Crippen LogP contribution in [0.15, 0.2) is 55.1 Å². The summed E-state index contributed by atoms with van der Waals surface area (Å²) in [5.74, 6) is 0.892. The van der Waals surface area contributed by atoms with Crippen molar-refractivity contribution in [2.45, 2.75) is 95.6 Å². The maximum absolute atomic E-state index is 13.6. The summed E-state index contributed by atoms with van der Waals surface area (Å²) >= 11 is 0. The number of hydrogen-bond donors (Lipinski definition) is 2. The second kappa shape index (κ2) is 16.1. The largest absolute Gasteiger partial charge is 0.364 e. The molecule has 20 heteroatoms. The van der Waals surface area contributed by atoms with E-state index in [0.717, 1.165) is 77.0 Å². The van der Waals surface area contributed by atoms with E-state index >= 15 is 0 Å². The van der Waals surface area contributed by atoms with Crippen molar-refractivity contribution in [1.82, 2.24) is 49.0 Å². The molecule has 64 heavy (non-hydrogen) atoms. The van der Waals surface area contributed by atoms with Gasteiger partial charge in [0.15, 0.2) is 11.6 Å². The highest BCUT2D eigenvalue weighted by Gasteiger charge is 2.45. The van der Waals surface area contributed by atoms with E-state index < -0.39 is 39.7 Å². The number of nitrogens with zero attached hydrogens (tertiary/aromatic N) is 11. The average Bonchev–Trinajstić information content (AvgIpc) is 3.81. The van der Waals surface area contributed by atoms with Crippen LogP contribution in [0.2, 0.25) is 0 Å². The third kappa shape index (κ3) is 7.54. The number of piperidine rings is 2. The number of rotatable bonds is 11. The molecule has 8 heterocycles. The van der Waals surface area contributed by atoms with Crippen molar-refractivity contribution in [1.29, 1.82) is 0 Å². The van der Waals surface area contributed by atoms with Gasteiger partial charge in [-0.15, -0.1) is 0 Å². The molecule has 5 aliphatic rings. The molecule has 1 aromatic carbocycles. The van der Waals surface area contributed by atoms with Gasteiger partial charge in [0.05, 0.1) is 45.2 Å². The number of pyridine rings is 1. The van der Waals surface area contributed by atoms with E-state index in [1.54, 1.807) is 24.4 Å². The third-order valence-electron chi connectivity index (χ3n) is 13.1. The molecule has 1 saturated carbocycles. The maximum Gasteiger partial charge on any atom is 0.262 e. The van der Waals surface area contributed by atoms with E-state index in [1.807, 2.05) is 23.0 Å². The van der Waals surface area contributed by atoms with Crippen LogP contribution in [0.3, 0.4) is 0 Å². The number of nitrogens with one attached hydrogen (secondary N) is 2. The molecule has 19 nitrogen and oxygen atoms in total. The van der Waals surface area contributed by atoms with Crippen molar-refractivity contribution in [3.63, 3.8) is 0 Å². The van der Waals surface area contributed by atoms with Gasteiger partial charge in [0, 0.05) is 81.4 Å². The summed E-state index contributed by atoms with van der Waals surface area (Å²) in [4.78, 5) is 73.2. The molecule has 3 saturated heterocycles. The third-order valence-corrected chi connectivity index (χ3v) is 15.2. The van der Waals surface area contributed by atoms with Gasteiger partial charge in [-0.05, 0) is 90.0 Å². The summed E-state index contributed by atoms with van der Waals surface area (Å²) in [5.41, 5.74) is 2.91. The Hall–Kier alpha value is -6.28. The van der Waals surface area contributed by atoms with E-state index in [2.05, 4.69) is 68.1 Å².